The first kappa shape index (κ1) is 9.56. The number of hydrogen-bond donors (Lipinski definition) is 2. The summed E-state index contributed by atoms with van der Waals surface area (Å²) in [5.74, 6) is 0. The van der Waals surface area contributed by atoms with E-state index in [1.54, 1.807) is 19.1 Å². The van der Waals surface area contributed by atoms with E-state index in [1.807, 2.05) is 12.1 Å². The molecule has 1 aromatic carbocycles. The summed E-state index contributed by atoms with van der Waals surface area (Å²) >= 11 is 0. The lowest BCUT2D eigenvalue weighted by molar-refractivity contribution is 0.208. The number of hydrogen-bond acceptors (Lipinski definition) is 3. The van der Waals surface area contributed by atoms with Crippen LogP contribution in [0.15, 0.2) is 24.3 Å². The largest absolute Gasteiger partial charge is 0.392 e. The van der Waals surface area contributed by atoms with Crippen molar-refractivity contribution in [3.63, 3.8) is 0 Å². The molecule has 3 heteroatoms. The first-order valence-electron chi connectivity index (χ1n) is 4.14. The molecule has 0 heterocycles. The molecule has 2 N–H and O–H groups in total. The predicted octanol–water partition coefficient (Wildman–Crippen LogP) is 1.35. The van der Waals surface area contributed by atoms with Crippen LogP contribution in [0.3, 0.4) is 0 Å². The van der Waals surface area contributed by atoms with Crippen molar-refractivity contribution in [2.24, 2.45) is 0 Å². The van der Waals surface area contributed by atoms with E-state index >= 15 is 0 Å². The Bertz CT molecular complexity index is 315. The van der Waals surface area contributed by atoms with Gasteiger partial charge in [0.1, 0.15) is 0 Å². The molecule has 13 heavy (non-hydrogen) atoms. The van der Waals surface area contributed by atoms with Crippen LogP contribution in [0, 0.1) is 11.3 Å². The van der Waals surface area contributed by atoms with Gasteiger partial charge in [0.15, 0.2) is 0 Å². The van der Waals surface area contributed by atoms with Crippen molar-refractivity contribution in [1.29, 1.82) is 5.26 Å². The molecule has 0 spiro atoms. The van der Waals surface area contributed by atoms with Crippen molar-refractivity contribution >= 4 is 5.69 Å². The Morgan fingerprint density at radius 2 is 2.38 bits per heavy atom. The van der Waals surface area contributed by atoms with Crippen molar-refractivity contribution in [2.75, 3.05) is 11.9 Å². The summed E-state index contributed by atoms with van der Waals surface area (Å²) in [6.45, 7) is 2.20. The molecule has 68 valence electrons. The van der Waals surface area contributed by atoms with Crippen LogP contribution in [-0.4, -0.2) is 17.8 Å². The van der Waals surface area contributed by atoms with Gasteiger partial charge in [0.25, 0.3) is 0 Å². The monoisotopic (exact) mass is 176 g/mol. The van der Waals surface area contributed by atoms with Gasteiger partial charge in [0.2, 0.25) is 0 Å². The van der Waals surface area contributed by atoms with Gasteiger partial charge in [-0.15, -0.1) is 0 Å². The topological polar surface area (TPSA) is 56.0 Å². The molecule has 0 bridgehead atoms. The SMILES string of the molecule is C[C@@H](O)CNc1cccc(C#N)c1. The zero-order chi connectivity index (χ0) is 9.68. The van der Waals surface area contributed by atoms with E-state index in [0.717, 1.165) is 5.69 Å². The van der Waals surface area contributed by atoms with Crippen LogP contribution in [-0.2, 0) is 0 Å². The molecule has 3 nitrogen and oxygen atoms in total. The van der Waals surface area contributed by atoms with E-state index in [1.165, 1.54) is 0 Å². The highest BCUT2D eigenvalue weighted by Crippen LogP contribution is 2.09. The highest BCUT2D eigenvalue weighted by Gasteiger charge is 1.96. The summed E-state index contributed by atoms with van der Waals surface area (Å²) in [5.41, 5.74) is 1.48. The summed E-state index contributed by atoms with van der Waals surface area (Å²) in [7, 11) is 0. The highest BCUT2D eigenvalue weighted by molar-refractivity contribution is 5.49. The second-order valence-corrected chi connectivity index (χ2v) is 2.92. The maximum absolute atomic E-state index is 9.01. The van der Waals surface area contributed by atoms with Crippen LogP contribution in [0.2, 0.25) is 0 Å². The molecular formula is C10H12N2O. The van der Waals surface area contributed by atoms with E-state index in [9.17, 15) is 0 Å². The molecular weight excluding hydrogens is 164 g/mol. The third-order valence-corrected chi connectivity index (χ3v) is 1.59. The Balaban J connectivity index is 2.63. The smallest absolute Gasteiger partial charge is 0.0992 e. The van der Waals surface area contributed by atoms with Gasteiger partial charge in [-0.1, -0.05) is 6.07 Å². The lowest BCUT2D eigenvalue weighted by atomic mass is 10.2. The van der Waals surface area contributed by atoms with E-state index < -0.39 is 0 Å². The van der Waals surface area contributed by atoms with Crippen LogP contribution < -0.4 is 5.32 Å². The predicted molar refractivity (Wildman–Crippen MR) is 51.3 cm³/mol. The summed E-state index contributed by atoms with van der Waals surface area (Å²) in [4.78, 5) is 0. The molecule has 0 unspecified atom stereocenters. The average molecular weight is 176 g/mol. The van der Waals surface area contributed by atoms with Crippen LogP contribution in [0.25, 0.3) is 0 Å². The molecule has 0 aliphatic carbocycles. The fraction of sp³-hybridized carbons (Fsp3) is 0.300. The Hall–Kier alpha value is -1.53. The Labute approximate surface area is 77.6 Å². The van der Waals surface area contributed by atoms with E-state index in [0.29, 0.717) is 12.1 Å². The molecule has 1 rings (SSSR count). The number of benzene rings is 1. The molecule has 0 saturated heterocycles. The normalized spacial score (nSPS) is 11.8. The number of nitrogens with one attached hydrogen (secondary N) is 1. The number of nitrogens with zero attached hydrogens (tertiary/aromatic N) is 1. The summed E-state index contributed by atoms with van der Waals surface area (Å²) in [6.07, 6.45) is -0.384. The number of nitriles is 1. The minimum atomic E-state index is -0.384. The summed E-state index contributed by atoms with van der Waals surface area (Å²) < 4.78 is 0. The quantitative estimate of drug-likeness (QED) is 0.731. The van der Waals surface area contributed by atoms with Crippen molar-refractivity contribution in [2.45, 2.75) is 13.0 Å². The van der Waals surface area contributed by atoms with Gasteiger partial charge in [-0.05, 0) is 25.1 Å². The second kappa shape index (κ2) is 4.48. The maximum atomic E-state index is 9.01. The lowest BCUT2D eigenvalue weighted by Gasteiger charge is -2.07. The number of anilines is 1. The standard InChI is InChI=1S/C10H12N2O/c1-8(13)7-12-10-4-2-3-9(5-10)6-11/h2-5,8,12-13H,7H2,1H3/t8-/m1/s1. The molecule has 0 amide bonds. The molecule has 0 aromatic heterocycles. The van der Waals surface area contributed by atoms with Gasteiger partial charge in [-0.3, -0.25) is 0 Å². The van der Waals surface area contributed by atoms with E-state index in [-0.39, 0.29) is 6.10 Å². The van der Waals surface area contributed by atoms with Crippen molar-refractivity contribution in [1.82, 2.24) is 0 Å². The molecule has 0 fully saturated rings. The fourth-order valence-corrected chi connectivity index (χ4v) is 0.964. The van der Waals surface area contributed by atoms with Gasteiger partial charge in [0, 0.05) is 12.2 Å². The average Bonchev–Trinajstić information content (AvgIpc) is 2.15. The van der Waals surface area contributed by atoms with Crippen LogP contribution in [0.5, 0.6) is 0 Å². The van der Waals surface area contributed by atoms with E-state index in [2.05, 4.69) is 11.4 Å². The van der Waals surface area contributed by atoms with Crippen molar-refractivity contribution in [3.05, 3.63) is 29.8 Å². The molecule has 1 atom stereocenters. The van der Waals surface area contributed by atoms with Crippen LogP contribution >= 0.6 is 0 Å². The summed E-state index contributed by atoms with van der Waals surface area (Å²) in [5, 5.41) is 20.6. The highest BCUT2D eigenvalue weighted by atomic mass is 16.3. The number of rotatable bonds is 3. The van der Waals surface area contributed by atoms with Crippen molar-refractivity contribution < 1.29 is 5.11 Å². The van der Waals surface area contributed by atoms with Crippen molar-refractivity contribution in [3.8, 4) is 6.07 Å². The van der Waals surface area contributed by atoms with E-state index in [4.69, 9.17) is 10.4 Å². The van der Waals surface area contributed by atoms with Gasteiger partial charge in [0.05, 0.1) is 17.7 Å². The third-order valence-electron chi connectivity index (χ3n) is 1.59. The fourth-order valence-electron chi connectivity index (χ4n) is 0.964. The minimum absolute atomic E-state index is 0.384. The first-order valence-corrected chi connectivity index (χ1v) is 4.14. The van der Waals surface area contributed by atoms with Gasteiger partial charge >= 0.3 is 0 Å². The van der Waals surface area contributed by atoms with Gasteiger partial charge in [-0.25, -0.2) is 0 Å². The Morgan fingerprint density at radius 1 is 1.62 bits per heavy atom. The molecule has 0 radical (unpaired) electrons. The Kier molecular flexibility index (Phi) is 3.30. The Morgan fingerprint density at radius 3 is 3.00 bits per heavy atom. The zero-order valence-electron chi connectivity index (χ0n) is 7.49. The molecule has 1 aromatic rings. The number of aliphatic hydroxyl groups is 1. The van der Waals surface area contributed by atoms with Crippen LogP contribution in [0.1, 0.15) is 12.5 Å². The third kappa shape index (κ3) is 3.14. The lowest BCUT2D eigenvalue weighted by Crippen LogP contribution is -2.15. The molecule has 0 aliphatic heterocycles. The number of aliphatic hydroxyl groups excluding tert-OH is 1. The maximum Gasteiger partial charge on any atom is 0.0992 e. The second-order valence-electron chi connectivity index (χ2n) is 2.92. The van der Waals surface area contributed by atoms with Gasteiger partial charge in [-0.2, -0.15) is 5.26 Å². The molecule has 0 aliphatic rings. The first-order chi connectivity index (χ1) is 6.22. The van der Waals surface area contributed by atoms with Gasteiger partial charge < -0.3 is 10.4 Å². The molecule has 0 saturated carbocycles. The van der Waals surface area contributed by atoms with Crippen LogP contribution in [0.4, 0.5) is 5.69 Å². The summed E-state index contributed by atoms with van der Waals surface area (Å²) in [6, 6.07) is 9.22. The zero-order valence-corrected chi connectivity index (χ0v) is 7.49. The minimum Gasteiger partial charge on any atom is -0.392 e.